The topological polar surface area (TPSA) is 68.2 Å². The third-order valence-electron chi connectivity index (χ3n) is 4.05. The van der Waals surface area contributed by atoms with Crippen LogP contribution < -0.4 is 15.4 Å². The first-order chi connectivity index (χ1) is 11.8. The van der Waals surface area contributed by atoms with Gasteiger partial charge in [0, 0.05) is 12.6 Å². The van der Waals surface area contributed by atoms with Gasteiger partial charge in [-0.15, -0.1) is 0 Å². The van der Waals surface area contributed by atoms with Gasteiger partial charge in [-0.05, 0) is 37.9 Å². The van der Waals surface area contributed by atoms with Gasteiger partial charge in [0.25, 0.3) is 5.91 Å². The summed E-state index contributed by atoms with van der Waals surface area (Å²) in [6.07, 6.45) is 4.91. The van der Waals surface area contributed by atoms with Crippen molar-refractivity contribution in [3.8, 4) is 11.4 Å². The molecule has 2 heterocycles. The van der Waals surface area contributed by atoms with Crippen molar-refractivity contribution >= 4 is 5.91 Å². The number of hydrogen-bond acceptors (Lipinski definition) is 4. The van der Waals surface area contributed by atoms with Gasteiger partial charge in [-0.2, -0.15) is 5.10 Å². The molecule has 0 saturated carbocycles. The number of para-hydroxylation sites is 1. The van der Waals surface area contributed by atoms with E-state index in [0.29, 0.717) is 30.6 Å². The normalized spacial score (nSPS) is 17.0. The SMILES string of the molecule is CCCOc1cn(-c2ccccc2)nc1C(=O)NCC1CCCN1. The number of aromatic nitrogens is 2. The van der Waals surface area contributed by atoms with Crippen LogP contribution in [0.15, 0.2) is 36.5 Å². The molecule has 1 amide bonds. The second-order valence-electron chi connectivity index (χ2n) is 5.97. The lowest BCUT2D eigenvalue weighted by Gasteiger charge is -2.11. The number of carbonyl (C=O) groups is 1. The molecule has 3 rings (SSSR count). The molecule has 1 atom stereocenters. The summed E-state index contributed by atoms with van der Waals surface area (Å²) in [5.41, 5.74) is 1.24. The molecule has 128 valence electrons. The van der Waals surface area contributed by atoms with Gasteiger partial charge in [-0.3, -0.25) is 4.79 Å². The van der Waals surface area contributed by atoms with E-state index >= 15 is 0 Å². The smallest absolute Gasteiger partial charge is 0.275 e. The molecular weight excluding hydrogens is 304 g/mol. The first-order valence-corrected chi connectivity index (χ1v) is 8.57. The van der Waals surface area contributed by atoms with Crippen molar-refractivity contribution in [2.45, 2.75) is 32.2 Å². The summed E-state index contributed by atoms with van der Waals surface area (Å²) in [6, 6.07) is 10.1. The average molecular weight is 328 g/mol. The molecule has 1 aliphatic rings. The summed E-state index contributed by atoms with van der Waals surface area (Å²) in [5, 5.41) is 10.8. The Kier molecular flexibility index (Phi) is 5.48. The third kappa shape index (κ3) is 3.94. The van der Waals surface area contributed by atoms with E-state index in [9.17, 15) is 4.79 Å². The predicted molar refractivity (Wildman–Crippen MR) is 92.7 cm³/mol. The van der Waals surface area contributed by atoms with E-state index in [4.69, 9.17) is 4.74 Å². The molecule has 1 aliphatic heterocycles. The summed E-state index contributed by atoms with van der Waals surface area (Å²) >= 11 is 0. The lowest BCUT2D eigenvalue weighted by molar-refractivity contribution is 0.0941. The van der Waals surface area contributed by atoms with Crippen molar-refractivity contribution in [3.63, 3.8) is 0 Å². The zero-order valence-corrected chi connectivity index (χ0v) is 14.0. The lowest BCUT2D eigenvalue weighted by atomic mass is 10.2. The predicted octanol–water partition coefficient (Wildman–Crippen LogP) is 2.14. The summed E-state index contributed by atoms with van der Waals surface area (Å²) in [6.45, 7) is 4.23. The van der Waals surface area contributed by atoms with Gasteiger partial charge < -0.3 is 15.4 Å². The van der Waals surface area contributed by atoms with Crippen molar-refractivity contribution in [2.24, 2.45) is 0 Å². The number of nitrogens with one attached hydrogen (secondary N) is 2. The van der Waals surface area contributed by atoms with Gasteiger partial charge in [0.15, 0.2) is 11.4 Å². The Bertz CT molecular complexity index is 663. The number of hydrogen-bond donors (Lipinski definition) is 2. The van der Waals surface area contributed by atoms with Gasteiger partial charge in [0.2, 0.25) is 0 Å². The Morgan fingerprint density at radius 2 is 2.25 bits per heavy atom. The van der Waals surface area contributed by atoms with Crippen molar-refractivity contribution in [1.29, 1.82) is 0 Å². The fourth-order valence-electron chi connectivity index (χ4n) is 2.78. The number of carbonyl (C=O) groups excluding carboxylic acids is 1. The standard InChI is InChI=1S/C18H24N4O2/c1-2-11-24-16-13-22(15-8-4-3-5-9-15)21-17(16)18(23)20-12-14-7-6-10-19-14/h3-5,8-9,13-14,19H,2,6-7,10-12H2,1H3,(H,20,23). The van der Waals surface area contributed by atoms with Gasteiger partial charge >= 0.3 is 0 Å². The summed E-state index contributed by atoms with van der Waals surface area (Å²) in [4.78, 5) is 12.5. The van der Waals surface area contributed by atoms with Crippen LogP contribution in [0, 0.1) is 0 Å². The Morgan fingerprint density at radius 1 is 1.42 bits per heavy atom. The van der Waals surface area contributed by atoms with Crippen molar-refractivity contribution in [2.75, 3.05) is 19.7 Å². The monoisotopic (exact) mass is 328 g/mol. The van der Waals surface area contributed by atoms with Crippen LogP contribution in [-0.4, -0.2) is 41.4 Å². The molecule has 1 aromatic carbocycles. The zero-order chi connectivity index (χ0) is 16.8. The molecule has 1 aromatic heterocycles. The summed E-state index contributed by atoms with van der Waals surface area (Å²) in [5.74, 6) is 0.335. The van der Waals surface area contributed by atoms with E-state index in [-0.39, 0.29) is 5.91 Å². The Labute approximate surface area is 142 Å². The van der Waals surface area contributed by atoms with E-state index in [1.807, 2.05) is 37.3 Å². The minimum Gasteiger partial charge on any atom is -0.489 e. The van der Waals surface area contributed by atoms with E-state index < -0.39 is 0 Å². The highest BCUT2D eigenvalue weighted by Gasteiger charge is 2.21. The maximum Gasteiger partial charge on any atom is 0.275 e. The van der Waals surface area contributed by atoms with E-state index in [0.717, 1.165) is 31.5 Å². The number of benzene rings is 1. The molecular formula is C18H24N4O2. The average Bonchev–Trinajstić information content (AvgIpc) is 3.28. The molecule has 0 bridgehead atoms. The minimum atomic E-state index is -0.190. The number of rotatable bonds is 7. The molecule has 0 aliphatic carbocycles. The van der Waals surface area contributed by atoms with Gasteiger partial charge in [-0.25, -0.2) is 4.68 Å². The minimum absolute atomic E-state index is 0.190. The number of amides is 1. The maximum atomic E-state index is 12.5. The highest BCUT2D eigenvalue weighted by Crippen LogP contribution is 2.20. The van der Waals surface area contributed by atoms with Crippen molar-refractivity contribution in [3.05, 3.63) is 42.2 Å². The molecule has 0 spiro atoms. The van der Waals surface area contributed by atoms with Crippen LogP contribution in [0.25, 0.3) is 5.69 Å². The second-order valence-corrected chi connectivity index (χ2v) is 5.97. The third-order valence-corrected chi connectivity index (χ3v) is 4.05. The Balaban J connectivity index is 1.76. The van der Waals surface area contributed by atoms with Crippen LogP contribution >= 0.6 is 0 Å². The quantitative estimate of drug-likeness (QED) is 0.817. The van der Waals surface area contributed by atoms with Gasteiger partial charge in [-0.1, -0.05) is 25.1 Å². The molecule has 1 fully saturated rings. The lowest BCUT2D eigenvalue weighted by Crippen LogP contribution is -2.37. The number of nitrogens with zero attached hydrogens (tertiary/aromatic N) is 2. The van der Waals surface area contributed by atoms with Crippen LogP contribution in [0.3, 0.4) is 0 Å². The zero-order valence-electron chi connectivity index (χ0n) is 14.0. The molecule has 1 unspecified atom stereocenters. The maximum absolute atomic E-state index is 12.5. The van der Waals surface area contributed by atoms with E-state index in [1.165, 1.54) is 0 Å². The van der Waals surface area contributed by atoms with Crippen LogP contribution in [0.1, 0.15) is 36.7 Å². The molecule has 6 heteroatoms. The first kappa shape index (κ1) is 16.5. The summed E-state index contributed by atoms with van der Waals surface area (Å²) < 4.78 is 7.41. The van der Waals surface area contributed by atoms with Crippen LogP contribution in [0.5, 0.6) is 5.75 Å². The fourth-order valence-corrected chi connectivity index (χ4v) is 2.78. The largest absolute Gasteiger partial charge is 0.489 e. The Morgan fingerprint density at radius 3 is 2.96 bits per heavy atom. The van der Waals surface area contributed by atoms with E-state index in [1.54, 1.807) is 10.9 Å². The Hall–Kier alpha value is -2.34. The van der Waals surface area contributed by atoms with Crippen LogP contribution in [-0.2, 0) is 0 Å². The van der Waals surface area contributed by atoms with Crippen LogP contribution in [0.4, 0.5) is 0 Å². The fraction of sp³-hybridized carbons (Fsp3) is 0.444. The molecule has 6 nitrogen and oxygen atoms in total. The van der Waals surface area contributed by atoms with Crippen molar-refractivity contribution < 1.29 is 9.53 Å². The number of ether oxygens (including phenoxy) is 1. The molecule has 2 aromatic rings. The molecule has 0 radical (unpaired) electrons. The second kappa shape index (κ2) is 7.97. The molecule has 2 N–H and O–H groups in total. The molecule has 24 heavy (non-hydrogen) atoms. The van der Waals surface area contributed by atoms with Crippen molar-refractivity contribution in [1.82, 2.24) is 20.4 Å². The first-order valence-electron chi connectivity index (χ1n) is 8.57. The van der Waals surface area contributed by atoms with Gasteiger partial charge in [0.05, 0.1) is 18.5 Å². The van der Waals surface area contributed by atoms with Gasteiger partial charge in [0.1, 0.15) is 0 Å². The highest BCUT2D eigenvalue weighted by molar-refractivity contribution is 5.95. The molecule has 1 saturated heterocycles. The highest BCUT2D eigenvalue weighted by atomic mass is 16.5. The summed E-state index contributed by atoms with van der Waals surface area (Å²) in [7, 11) is 0. The van der Waals surface area contributed by atoms with Crippen LogP contribution in [0.2, 0.25) is 0 Å². The van der Waals surface area contributed by atoms with E-state index in [2.05, 4.69) is 15.7 Å².